The molecule has 146 valence electrons. The summed E-state index contributed by atoms with van der Waals surface area (Å²) in [7, 11) is 0. The fraction of sp³-hybridized carbons (Fsp3) is 0.0870. The van der Waals surface area contributed by atoms with E-state index < -0.39 is 11.8 Å². The number of aryl methyl sites for hydroxylation is 2. The van der Waals surface area contributed by atoms with Gasteiger partial charge in [0.05, 0.1) is 0 Å². The molecule has 0 atom stereocenters. The van der Waals surface area contributed by atoms with Crippen LogP contribution < -0.4 is 16.2 Å². The van der Waals surface area contributed by atoms with E-state index in [0.717, 1.165) is 11.1 Å². The molecule has 0 spiro atoms. The number of hydrogen-bond donors (Lipinski definition) is 3. The van der Waals surface area contributed by atoms with Crippen LogP contribution in [0.4, 0.5) is 5.69 Å². The smallest absolute Gasteiger partial charge is 0.269 e. The summed E-state index contributed by atoms with van der Waals surface area (Å²) in [6.45, 7) is 3.75. The van der Waals surface area contributed by atoms with E-state index in [9.17, 15) is 14.4 Å². The summed E-state index contributed by atoms with van der Waals surface area (Å²) < 4.78 is 0. The van der Waals surface area contributed by atoms with Crippen molar-refractivity contribution in [3.05, 3.63) is 101 Å². The minimum atomic E-state index is -0.456. The molecule has 0 saturated heterocycles. The van der Waals surface area contributed by atoms with Crippen LogP contribution in [0.1, 0.15) is 42.2 Å². The molecule has 6 heteroatoms. The van der Waals surface area contributed by atoms with E-state index >= 15 is 0 Å². The quantitative estimate of drug-likeness (QED) is 0.598. The van der Waals surface area contributed by atoms with E-state index in [2.05, 4.69) is 16.2 Å². The Morgan fingerprint density at radius 1 is 0.655 bits per heavy atom. The number of rotatable bonds is 4. The maximum atomic E-state index is 12.4. The highest BCUT2D eigenvalue weighted by Crippen LogP contribution is 2.13. The molecule has 3 N–H and O–H groups in total. The average Bonchev–Trinajstić information content (AvgIpc) is 2.72. The molecule has 0 bridgehead atoms. The van der Waals surface area contributed by atoms with Crippen LogP contribution in [0, 0.1) is 13.8 Å². The number of amides is 3. The Morgan fingerprint density at radius 3 is 1.97 bits per heavy atom. The largest absolute Gasteiger partial charge is 0.322 e. The number of carbonyl (C=O) groups excluding carboxylic acids is 3. The van der Waals surface area contributed by atoms with Gasteiger partial charge in [-0.1, -0.05) is 35.9 Å². The number of nitrogens with one attached hydrogen (secondary N) is 3. The zero-order chi connectivity index (χ0) is 20.8. The van der Waals surface area contributed by atoms with Crippen molar-refractivity contribution < 1.29 is 14.4 Å². The lowest BCUT2D eigenvalue weighted by Gasteiger charge is -2.10. The number of anilines is 1. The first-order valence-electron chi connectivity index (χ1n) is 9.08. The summed E-state index contributed by atoms with van der Waals surface area (Å²) in [6.07, 6.45) is 0. The first-order valence-corrected chi connectivity index (χ1v) is 9.08. The lowest BCUT2D eigenvalue weighted by Crippen LogP contribution is -2.41. The van der Waals surface area contributed by atoms with Crippen LogP contribution in [0.2, 0.25) is 0 Å². The Labute approximate surface area is 168 Å². The molecule has 0 aliphatic carbocycles. The van der Waals surface area contributed by atoms with Gasteiger partial charge in [0.1, 0.15) is 0 Å². The fourth-order valence-corrected chi connectivity index (χ4v) is 2.78. The zero-order valence-corrected chi connectivity index (χ0v) is 16.2. The molecule has 29 heavy (non-hydrogen) atoms. The summed E-state index contributed by atoms with van der Waals surface area (Å²) in [5, 5.41) is 2.80. The summed E-state index contributed by atoms with van der Waals surface area (Å²) in [4.78, 5) is 36.7. The number of hydrazine groups is 1. The van der Waals surface area contributed by atoms with Gasteiger partial charge in [-0.25, -0.2) is 0 Å². The Hall–Kier alpha value is -3.93. The molecule has 6 nitrogen and oxygen atoms in total. The van der Waals surface area contributed by atoms with Crippen molar-refractivity contribution in [2.75, 3.05) is 5.32 Å². The van der Waals surface area contributed by atoms with Crippen LogP contribution in [0.25, 0.3) is 0 Å². The van der Waals surface area contributed by atoms with Gasteiger partial charge in [-0.15, -0.1) is 0 Å². The standard InChI is InChI=1S/C23H21N3O3/c1-15-6-5-8-18(14-15)22(28)26-25-21(27)17-10-12-19(13-11-17)24-23(29)20-9-4-3-7-16(20)2/h3-14H,1-2H3,(H,24,29)(H,25,27)(H,26,28). The highest BCUT2D eigenvalue weighted by atomic mass is 16.2. The number of hydrogen-bond acceptors (Lipinski definition) is 3. The molecule has 0 radical (unpaired) electrons. The normalized spacial score (nSPS) is 10.1. The molecule has 3 aromatic carbocycles. The maximum Gasteiger partial charge on any atom is 0.269 e. The van der Waals surface area contributed by atoms with Crippen molar-refractivity contribution in [1.29, 1.82) is 0 Å². The van der Waals surface area contributed by atoms with Crippen molar-refractivity contribution in [3.63, 3.8) is 0 Å². The Morgan fingerprint density at radius 2 is 1.31 bits per heavy atom. The molecule has 0 saturated carbocycles. The molecular weight excluding hydrogens is 366 g/mol. The van der Waals surface area contributed by atoms with Crippen LogP contribution in [0.3, 0.4) is 0 Å². The molecule has 0 aliphatic rings. The van der Waals surface area contributed by atoms with E-state index in [0.29, 0.717) is 22.4 Å². The molecule has 0 aromatic heterocycles. The minimum Gasteiger partial charge on any atom is -0.322 e. The highest BCUT2D eigenvalue weighted by Gasteiger charge is 2.11. The van der Waals surface area contributed by atoms with Gasteiger partial charge in [-0.2, -0.15) is 0 Å². The Kier molecular flexibility index (Phi) is 6.04. The minimum absolute atomic E-state index is 0.217. The van der Waals surface area contributed by atoms with Crippen LogP contribution >= 0.6 is 0 Å². The lowest BCUT2D eigenvalue weighted by molar-refractivity contribution is 0.0846. The maximum absolute atomic E-state index is 12.4. The zero-order valence-electron chi connectivity index (χ0n) is 16.2. The lowest BCUT2D eigenvalue weighted by atomic mass is 10.1. The predicted octanol–water partition coefficient (Wildman–Crippen LogP) is 3.63. The monoisotopic (exact) mass is 387 g/mol. The van der Waals surface area contributed by atoms with Crippen LogP contribution in [0.15, 0.2) is 72.8 Å². The molecule has 0 aliphatic heterocycles. The average molecular weight is 387 g/mol. The third-order valence-corrected chi connectivity index (χ3v) is 4.36. The third-order valence-electron chi connectivity index (χ3n) is 4.36. The molecule has 3 rings (SSSR count). The van der Waals surface area contributed by atoms with E-state index in [1.165, 1.54) is 0 Å². The van der Waals surface area contributed by atoms with Crippen molar-refractivity contribution in [2.24, 2.45) is 0 Å². The van der Waals surface area contributed by atoms with Crippen LogP contribution in [-0.4, -0.2) is 17.7 Å². The molecule has 0 unspecified atom stereocenters. The van der Waals surface area contributed by atoms with E-state index in [1.807, 2.05) is 32.0 Å². The van der Waals surface area contributed by atoms with E-state index in [4.69, 9.17) is 0 Å². The summed E-state index contributed by atoms with van der Waals surface area (Å²) in [6, 6.07) is 20.8. The van der Waals surface area contributed by atoms with E-state index in [-0.39, 0.29) is 5.91 Å². The van der Waals surface area contributed by atoms with Gasteiger partial charge in [0.25, 0.3) is 17.7 Å². The first-order chi connectivity index (χ1) is 13.9. The molecule has 0 fully saturated rings. The number of carbonyl (C=O) groups is 3. The topological polar surface area (TPSA) is 87.3 Å². The van der Waals surface area contributed by atoms with Crippen molar-refractivity contribution in [1.82, 2.24) is 10.9 Å². The van der Waals surface area contributed by atoms with Gasteiger partial charge in [0.2, 0.25) is 0 Å². The van der Waals surface area contributed by atoms with Crippen molar-refractivity contribution in [2.45, 2.75) is 13.8 Å². The van der Waals surface area contributed by atoms with Gasteiger partial charge >= 0.3 is 0 Å². The van der Waals surface area contributed by atoms with Gasteiger partial charge < -0.3 is 5.32 Å². The fourth-order valence-electron chi connectivity index (χ4n) is 2.78. The van der Waals surface area contributed by atoms with Gasteiger partial charge in [-0.05, 0) is 61.9 Å². The van der Waals surface area contributed by atoms with Crippen LogP contribution in [-0.2, 0) is 0 Å². The summed E-state index contributed by atoms with van der Waals surface area (Å²) in [5.74, 6) is -1.07. The second-order valence-corrected chi connectivity index (χ2v) is 6.62. The van der Waals surface area contributed by atoms with Gasteiger partial charge in [0.15, 0.2) is 0 Å². The van der Waals surface area contributed by atoms with E-state index in [1.54, 1.807) is 54.6 Å². The third kappa shape index (κ3) is 5.07. The Balaban J connectivity index is 1.58. The molecule has 0 heterocycles. The second-order valence-electron chi connectivity index (χ2n) is 6.62. The van der Waals surface area contributed by atoms with Crippen molar-refractivity contribution >= 4 is 23.4 Å². The molecule has 3 aromatic rings. The van der Waals surface area contributed by atoms with Crippen LogP contribution in [0.5, 0.6) is 0 Å². The Bertz CT molecular complexity index is 1060. The molecular formula is C23H21N3O3. The van der Waals surface area contributed by atoms with Crippen molar-refractivity contribution in [3.8, 4) is 0 Å². The van der Waals surface area contributed by atoms with Gasteiger partial charge in [-0.3, -0.25) is 25.2 Å². The summed E-state index contributed by atoms with van der Waals surface area (Å²) >= 11 is 0. The van der Waals surface area contributed by atoms with Gasteiger partial charge in [0, 0.05) is 22.4 Å². The highest BCUT2D eigenvalue weighted by molar-refractivity contribution is 6.05. The molecule has 3 amide bonds. The first kappa shape index (κ1) is 19.8. The number of benzene rings is 3. The summed E-state index contributed by atoms with van der Waals surface area (Å²) in [5.41, 5.74) is 8.57. The second kappa shape index (κ2) is 8.84. The predicted molar refractivity (Wildman–Crippen MR) is 112 cm³/mol. The SMILES string of the molecule is Cc1cccc(C(=O)NNC(=O)c2ccc(NC(=O)c3ccccc3C)cc2)c1.